The van der Waals surface area contributed by atoms with E-state index in [9.17, 15) is 29.8 Å². The monoisotopic (exact) mass is 630 g/mol. The molecule has 0 saturated heterocycles. The number of benzodiazepines with no additional fused rings is 2. The van der Waals surface area contributed by atoms with Gasteiger partial charge in [-0.3, -0.25) is 39.8 Å². The Balaban J connectivity index is 0.000000175. The minimum Gasteiger partial charge on any atom is -0.324 e. The van der Waals surface area contributed by atoms with Crippen LogP contribution in [-0.2, 0) is 9.59 Å². The Labute approximate surface area is 259 Å². The molecule has 2 N–H and O–H groups in total. The van der Waals surface area contributed by atoms with Gasteiger partial charge < -0.3 is 10.6 Å². The van der Waals surface area contributed by atoms with Gasteiger partial charge in [0.25, 0.3) is 11.4 Å². The van der Waals surface area contributed by atoms with Crippen LogP contribution in [0.3, 0.4) is 0 Å². The predicted molar refractivity (Wildman–Crippen MR) is 167 cm³/mol. The van der Waals surface area contributed by atoms with Gasteiger partial charge in [0.2, 0.25) is 11.8 Å². The number of nitro groups is 2. The van der Waals surface area contributed by atoms with Gasteiger partial charge in [0, 0.05) is 56.6 Å². The first kappa shape index (κ1) is 30.0. The van der Waals surface area contributed by atoms with Gasteiger partial charge in [-0.2, -0.15) is 0 Å². The zero-order chi connectivity index (χ0) is 31.4. The molecule has 2 aliphatic rings. The highest BCUT2D eigenvalue weighted by Gasteiger charge is 2.23. The number of nitrogens with zero attached hydrogens (tertiary/aromatic N) is 4. The first-order valence-electron chi connectivity index (χ1n) is 12.9. The first-order chi connectivity index (χ1) is 21.1. The Morgan fingerprint density at radius 1 is 0.591 bits per heavy atom. The molecule has 4 aromatic carbocycles. The van der Waals surface area contributed by atoms with E-state index in [1.54, 1.807) is 48.5 Å². The van der Waals surface area contributed by atoms with Crippen LogP contribution < -0.4 is 10.6 Å². The van der Waals surface area contributed by atoms with Crippen molar-refractivity contribution < 1.29 is 19.4 Å². The van der Waals surface area contributed by atoms with E-state index in [0.29, 0.717) is 55.1 Å². The predicted octanol–water partition coefficient (Wildman–Crippen LogP) is 6.08. The first-order valence-corrected chi connectivity index (χ1v) is 13.6. The largest absolute Gasteiger partial charge is 0.324 e. The molecule has 0 unspecified atom stereocenters. The lowest BCUT2D eigenvalue weighted by Gasteiger charge is -2.11. The summed E-state index contributed by atoms with van der Waals surface area (Å²) in [5.41, 5.74) is 3.94. The lowest BCUT2D eigenvalue weighted by atomic mass is 10.00. The molecule has 2 aliphatic heterocycles. The number of rotatable bonds is 4. The molecule has 0 saturated carbocycles. The van der Waals surface area contributed by atoms with Gasteiger partial charge >= 0.3 is 0 Å². The SMILES string of the molecule is O=C1CN=C(c2ccccc2Cl)c2cc([N+](=O)[O-])ccc2N1.O=C1CN=C(c2ccccc2Cl)c2cc([N+](=O)[O-])ccc2N1. The van der Waals surface area contributed by atoms with Crippen LogP contribution in [0.2, 0.25) is 10.0 Å². The molecule has 2 heterocycles. The van der Waals surface area contributed by atoms with Crippen LogP contribution in [-0.4, -0.2) is 46.2 Å². The zero-order valence-corrected chi connectivity index (χ0v) is 24.0. The number of nitrogens with one attached hydrogen (secondary N) is 2. The maximum Gasteiger partial charge on any atom is 0.270 e. The molecule has 14 heteroatoms. The van der Waals surface area contributed by atoms with E-state index in [1.165, 1.54) is 36.4 Å². The Bertz CT molecular complexity index is 1770. The molecule has 12 nitrogen and oxygen atoms in total. The fraction of sp³-hybridized carbons (Fsp3) is 0.0667. The van der Waals surface area contributed by atoms with Gasteiger partial charge in [-0.15, -0.1) is 0 Å². The smallest absolute Gasteiger partial charge is 0.270 e. The van der Waals surface area contributed by atoms with E-state index < -0.39 is 9.85 Å². The number of non-ortho nitro benzene ring substituents is 2. The molecule has 6 rings (SSSR count). The normalized spacial score (nSPS) is 13.7. The molecule has 4 aromatic rings. The number of carbonyl (C=O) groups is 2. The van der Waals surface area contributed by atoms with Gasteiger partial charge in [0.1, 0.15) is 13.1 Å². The van der Waals surface area contributed by atoms with Crippen molar-refractivity contribution >= 4 is 69.2 Å². The number of anilines is 2. The van der Waals surface area contributed by atoms with Crippen LogP contribution in [0.15, 0.2) is 94.9 Å². The summed E-state index contributed by atoms with van der Waals surface area (Å²) in [6.07, 6.45) is 0. The molecule has 0 fully saturated rings. The third-order valence-corrected chi connectivity index (χ3v) is 7.17. The summed E-state index contributed by atoms with van der Waals surface area (Å²) in [6.45, 7) is -0.133. The van der Waals surface area contributed by atoms with Crippen molar-refractivity contribution in [1.82, 2.24) is 0 Å². The Morgan fingerprint density at radius 3 is 1.34 bits per heavy atom. The van der Waals surface area contributed by atoms with E-state index >= 15 is 0 Å². The lowest BCUT2D eigenvalue weighted by Crippen LogP contribution is -2.13. The lowest BCUT2D eigenvalue weighted by molar-refractivity contribution is -0.385. The Hall–Kier alpha value is -5.46. The number of halogens is 2. The quantitative estimate of drug-likeness (QED) is 0.204. The highest BCUT2D eigenvalue weighted by molar-refractivity contribution is 6.37. The summed E-state index contributed by atoms with van der Waals surface area (Å²) >= 11 is 12.4. The van der Waals surface area contributed by atoms with Gasteiger partial charge in [0.15, 0.2) is 0 Å². The number of fused-ring (bicyclic) bond motifs is 2. The zero-order valence-electron chi connectivity index (χ0n) is 22.5. The second-order valence-electron chi connectivity index (χ2n) is 9.36. The van der Waals surface area contributed by atoms with Crippen LogP contribution in [0.25, 0.3) is 0 Å². The summed E-state index contributed by atoms with van der Waals surface area (Å²) in [7, 11) is 0. The molecule has 0 spiro atoms. The summed E-state index contributed by atoms with van der Waals surface area (Å²) in [5.74, 6) is -0.561. The molecule has 0 radical (unpaired) electrons. The number of aliphatic imine (C=N–C) groups is 2. The molecule has 44 heavy (non-hydrogen) atoms. The van der Waals surface area contributed by atoms with E-state index in [0.717, 1.165) is 0 Å². The van der Waals surface area contributed by atoms with Gasteiger partial charge in [-0.25, -0.2) is 0 Å². The van der Waals surface area contributed by atoms with Crippen LogP contribution >= 0.6 is 23.2 Å². The van der Waals surface area contributed by atoms with Crippen LogP contribution in [0.4, 0.5) is 22.7 Å². The number of carbonyl (C=O) groups excluding carboxylic acids is 2. The third-order valence-electron chi connectivity index (χ3n) is 6.51. The molecule has 0 atom stereocenters. The van der Waals surface area contributed by atoms with Crippen molar-refractivity contribution in [3.8, 4) is 0 Å². The summed E-state index contributed by atoms with van der Waals surface area (Å²) in [6, 6.07) is 22.6. The minimum atomic E-state index is -0.489. The Morgan fingerprint density at radius 2 is 0.977 bits per heavy atom. The second kappa shape index (κ2) is 12.8. The van der Waals surface area contributed by atoms with Gasteiger partial charge in [-0.1, -0.05) is 59.6 Å². The van der Waals surface area contributed by atoms with Crippen molar-refractivity contribution in [2.24, 2.45) is 9.98 Å². The number of hydrogen-bond donors (Lipinski definition) is 2. The molecule has 220 valence electrons. The minimum absolute atomic E-state index is 0.0664. The Kier molecular flexibility index (Phi) is 8.74. The average molecular weight is 631 g/mol. The highest BCUT2D eigenvalue weighted by Crippen LogP contribution is 2.31. The van der Waals surface area contributed by atoms with Crippen LogP contribution in [0.5, 0.6) is 0 Å². The third kappa shape index (κ3) is 6.46. The topological polar surface area (TPSA) is 169 Å². The van der Waals surface area contributed by atoms with Crippen LogP contribution in [0.1, 0.15) is 22.3 Å². The molecular weight excluding hydrogens is 611 g/mol. The molecule has 2 amide bonds. The van der Waals surface area contributed by atoms with Crippen molar-refractivity contribution in [3.63, 3.8) is 0 Å². The molecular formula is C30H20Cl2N6O6. The van der Waals surface area contributed by atoms with Crippen molar-refractivity contribution in [2.75, 3.05) is 23.7 Å². The highest BCUT2D eigenvalue weighted by atomic mass is 35.5. The van der Waals surface area contributed by atoms with Crippen molar-refractivity contribution in [2.45, 2.75) is 0 Å². The van der Waals surface area contributed by atoms with Crippen molar-refractivity contribution in [1.29, 1.82) is 0 Å². The summed E-state index contributed by atoms with van der Waals surface area (Å²) in [5, 5.41) is 28.3. The molecule has 0 aromatic heterocycles. The maximum absolute atomic E-state index is 11.7. The number of benzene rings is 4. The fourth-order valence-electron chi connectivity index (χ4n) is 4.52. The summed E-state index contributed by atoms with van der Waals surface area (Å²) < 4.78 is 0. The van der Waals surface area contributed by atoms with Crippen LogP contribution in [0, 0.1) is 20.2 Å². The number of amides is 2. The molecule has 0 aliphatic carbocycles. The standard InChI is InChI=1S/2C15H10ClN3O3/c2*16-12-4-2-1-3-10(12)15-11-7-9(19(21)22)5-6-13(11)18-14(20)8-17-15/h2*1-7H,8H2,(H,18,20). The second-order valence-corrected chi connectivity index (χ2v) is 10.2. The average Bonchev–Trinajstić information content (AvgIpc) is 3.27. The maximum atomic E-state index is 11.7. The van der Waals surface area contributed by atoms with E-state index in [1.807, 2.05) is 0 Å². The van der Waals surface area contributed by atoms with Crippen molar-refractivity contribution in [3.05, 3.63) is 137 Å². The van der Waals surface area contributed by atoms with E-state index in [-0.39, 0.29) is 36.3 Å². The molecule has 0 bridgehead atoms. The number of nitro benzene ring substituents is 2. The van der Waals surface area contributed by atoms with Gasteiger partial charge in [0.05, 0.1) is 32.6 Å². The fourth-order valence-corrected chi connectivity index (χ4v) is 4.97. The van der Waals surface area contributed by atoms with E-state index in [4.69, 9.17) is 23.2 Å². The summed E-state index contributed by atoms with van der Waals surface area (Å²) in [4.78, 5) is 53.1. The van der Waals surface area contributed by atoms with E-state index in [2.05, 4.69) is 20.6 Å². The van der Waals surface area contributed by atoms with Gasteiger partial charge in [-0.05, 0) is 24.3 Å². The number of hydrogen-bond acceptors (Lipinski definition) is 8.